The number of benzene rings is 2. The van der Waals surface area contributed by atoms with Crippen molar-refractivity contribution in [2.24, 2.45) is 10.7 Å². The molecule has 140 valence electrons. The third-order valence-corrected chi connectivity index (χ3v) is 5.40. The zero-order valence-corrected chi connectivity index (χ0v) is 15.9. The second kappa shape index (κ2) is 5.70. The molecule has 0 bridgehead atoms. The van der Waals surface area contributed by atoms with Gasteiger partial charge in [-0.2, -0.15) is 0 Å². The van der Waals surface area contributed by atoms with Gasteiger partial charge in [0, 0.05) is 17.6 Å². The van der Waals surface area contributed by atoms with E-state index in [-0.39, 0.29) is 5.96 Å². The Kier molecular flexibility index (Phi) is 3.75. The average molecular weight is 388 g/mol. The standard InChI is InChI=1S/C20H19ClFN3O2/c1-19(2)16(22)20(17(26)25(3)18(23)24-20)14-10-12(7-8-15(14)27-19)11-5-4-6-13(21)9-11/h4-10,16H,1-3H3,(H2,23,24)/t16-,20+/m1/s1. The van der Waals surface area contributed by atoms with Gasteiger partial charge in [0.1, 0.15) is 11.4 Å². The first-order chi connectivity index (χ1) is 12.7. The summed E-state index contributed by atoms with van der Waals surface area (Å²) in [5.74, 6) is -0.104. The summed E-state index contributed by atoms with van der Waals surface area (Å²) in [5.41, 5.74) is 4.87. The molecule has 2 heterocycles. The Bertz CT molecular complexity index is 991. The molecule has 5 nitrogen and oxygen atoms in total. The number of hydrogen-bond donors (Lipinski definition) is 1. The minimum absolute atomic E-state index is 0.0144. The third kappa shape index (κ3) is 2.43. The number of alkyl halides is 1. The van der Waals surface area contributed by atoms with Crippen molar-refractivity contribution in [1.82, 2.24) is 4.90 Å². The normalized spacial score (nSPS) is 26.0. The van der Waals surface area contributed by atoms with Crippen molar-refractivity contribution < 1.29 is 13.9 Å². The zero-order valence-electron chi connectivity index (χ0n) is 15.2. The van der Waals surface area contributed by atoms with E-state index < -0.39 is 23.2 Å². The molecule has 2 N–H and O–H groups in total. The van der Waals surface area contributed by atoms with E-state index in [9.17, 15) is 4.79 Å². The Morgan fingerprint density at radius 2 is 1.93 bits per heavy atom. The average Bonchev–Trinajstić information content (AvgIpc) is 2.85. The van der Waals surface area contributed by atoms with Crippen LogP contribution in [0.25, 0.3) is 11.1 Å². The largest absolute Gasteiger partial charge is 0.484 e. The van der Waals surface area contributed by atoms with Crippen LogP contribution in [0.15, 0.2) is 47.5 Å². The molecule has 0 fully saturated rings. The number of likely N-dealkylation sites (N-methyl/N-ethyl adjacent to an activating group) is 1. The van der Waals surface area contributed by atoms with E-state index in [0.29, 0.717) is 16.3 Å². The van der Waals surface area contributed by atoms with Gasteiger partial charge in [-0.25, -0.2) is 9.38 Å². The van der Waals surface area contributed by atoms with Crippen molar-refractivity contribution in [2.75, 3.05) is 7.05 Å². The molecule has 1 amide bonds. The molecule has 0 aliphatic carbocycles. The van der Waals surface area contributed by atoms with Gasteiger partial charge in [0.25, 0.3) is 5.91 Å². The van der Waals surface area contributed by atoms with E-state index in [1.165, 1.54) is 11.9 Å². The maximum Gasteiger partial charge on any atom is 0.265 e. The van der Waals surface area contributed by atoms with Crippen molar-refractivity contribution >= 4 is 23.5 Å². The highest BCUT2D eigenvalue weighted by Crippen LogP contribution is 2.51. The van der Waals surface area contributed by atoms with Crippen LogP contribution in [0.2, 0.25) is 5.02 Å². The monoisotopic (exact) mass is 387 g/mol. The van der Waals surface area contributed by atoms with Crippen LogP contribution in [0.5, 0.6) is 5.75 Å². The summed E-state index contributed by atoms with van der Waals surface area (Å²) >= 11 is 6.10. The lowest BCUT2D eigenvalue weighted by molar-refractivity contribution is -0.139. The summed E-state index contributed by atoms with van der Waals surface area (Å²) in [6, 6.07) is 12.6. The second-order valence-corrected chi connectivity index (χ2v) is 7.83. The van der Waals surface area contributed by atoms with E-state index in [2.05, 4.69) is 4.99 Å². The number of carbonyl (C=O) groups excluding carboxylic acids is 1. The Labute approximate surface area is 161 Å². The van der Waals surface area contributed by atoms with Gasteiger partial charge >= 0.3 is 0 Å². The molecule has 2 aromatic carbocycles. The third-order valence-electron chi connectivity index (χ3n) is 5.16. The predicted octanol–water partition coefficient (Wildman–Crippen LogP) is 3.50. The van der Waals surface area contributed by atoms with Crippen molar-refractivity contribution in [2.45, 2.75) is 31.2 Å². The summed E-state index contributed by atoms with van der Waals surface area (Å²) in [6.45, 7) is 3.20. The molecule has 27 heavy (non-hydrogen) atoms. The van der Waals surface area contributed by atoms with E-state index in [4.69, 9.17) is 22.1 Å². The van der Waals surface area contributed by atoms with Gasteiger partial charge in [-0.15, -0.1) is 0 Å². The molecule has 1 spiro atoms. The minimum Gasteiger partial charge on any atom is -0.484 e. The Balaban J connectivity index is 1.97. The van der Waals surface area contributed by atoms with Gasteiger partial charge in [-0.1, -0.05) is 29.8 Å². The summed E-state index contributed by atoms with van der Waals surface area (Å²) in [4.78, 5) is 18.6. The van der Waals surface area contributed by atoms with Crippen molar-refractivity contribution in [3.05, 3.63) is 53.1 Å². The van der Waals surface area contributed by atoms with Crippen LogP contribution in [0.1, 0.15) is 19.4 Å². The Morgan fingerprint density at radius 1 is 1.22 bits per heavy atom. The highest BCUT2D eigenvalue weighted by Gasteiger charge is 2.63. The number of nitrogens with two attached hydrogens (primary N) is 1. The zero-order chi connectivity index (χ0) is 19.6. The number of rotatable bonds is 1. The lowest BCUT2D eigenvalue weighted by Crippen LogP contribution is -2.58. The van der Waals surface area contributed by atoms with Crippen LogP contribution in [0, 0.1) is 0 Å². The van der Waals surface area contributed by atoms with Crippen LogP contribution in [-0.4, -0.2) is 35.6 Å². The number of nitrogens with zero attached hydrogens (tertiary/aromatic N) is 2. The fraction of sp³-hybridized carbons (Fsp3) is 0.300. The highest BCUT2D eigenvalue weighted by molar-refractivity contribution is 6.30. The molecule has 0 unspecified atom stereocenters. The van der Waals surface area contributed by atoms with Crippen molar-refractivity contribution in [3.63, 3.8) is 0 Å². The molecule has 0 radical (unpaired) electrons. The molecule has 0 saturated heterocycles. The van der Waals surface area contributed by atoms with Gasteiger partial charge < -0.3 is 10.5 Å². The van der Waals surface area contributed by atoms with E-state index >= 15 is 4.39 Å². The van der Waals surface area contributed by atoms with E-state index in [1.54, 1.807) is 38.1 Å². The number of hydrogen-bond acceptors (Lipinski definition) is 4. The van der Waals surface area contributed by atoms with Crippen molar-refractivity contribution in [3.8, 4) is 16.9 Å². The molecule has 2 aromatic rings. The minimum atomic E-state index is -1.76. The fourth-order valence-corrected chi connectivity index (χ4v) is 3.93. The lowest BCUT2D eigenvalue weighted by Gasteiger charge is -2.44. The predicted molar refractivity (Wildman–Crippen MR) is 103 cm³/mol. The molecular weight excluding hydrogens is 369 g/mol. The molecule has 0 saturated carbocycles. The topological polar surface area (TPSA) is 67.9 Å². The first-order valence-electron chi connectivity index (χ1n) is 8.54. The number of amides is 1. The molecule has 2 atom stereocenters. The lowest BCUT2D eigenvalue weighted by atomic mass is 9.75. The molecule has 0 aromatic heterocycles. The number of guanidine groups is 1. The molecular formula is C20H19ClFN3O2. The van der Waals surface area contributed by atoms with Gasteiger partial charge in [-0.3, -0.25) is 9.69 Å². The quantitative estimate of drug-likeness (QED) is 0.814. The smallest absolute Gasteiger partial charge is 0.265 e. The maximum atomic E-state index is 15.6. The van der Waals surface area contributed by atoms with E-state index in [1.807, 2.05) is 18.2 Å². The first kappa shape index (κ1) is 17.8. The maximum absolute atomic E-state index is 15.6. The summed E-state index contributed by atoms with van der Waals surface area (Å²) < 4.78 is 21.5. The van der Waals surface area contributed by atoms with Crippen LogP contribution in [0.4, 0.5) is 4.39 Å². The summed E-state index contributed by atoms with van der Waals surface area (Å²) in [5, 5.41) is 0.583. The fourth-order valence-electron chi connectivity index (χ4n) is 3.74. The van der Waals surface area contributed by atoms with Gasteiger partial charge in [0.15, 0.2) is 12.1 Å². The van der Waals surface area contributed by atoms with Gasteiger partial charge in [-0.05, 0) is 49.2 Å². The number of fused-ring (bicyclic) bond motifs is 2. The molecule has 2 aliphatic rings. The number of ether oxygens (including phenoxy) is 1. The SMILES string of the molecule is CN1C(=O)[C@]2(N=C1N)c1cc(-c3cccc(Cl)c3)ccc1OC(C)(C)[C@H]2F. The van der Waals surface area contributed by atoms with Crippen LogP contribution < -0.4 is 10.5 Å². The number of halogens is 2. The van der Waals surface area contributed by atoms with Gasteiger partial charge in [0.2, 0.25) is 5.54 Å². The van der Waals surface area contributed by atoms with Gasteiger partial charge in [0.05, 0.1) is 0 Å². The Hall–Kier alpha value is -2.60. The van der Waals surface area contributed by atoms with E-state index in [0.717, 1.165) is 11.1 Å². The summed E-state index contributed by atoms with van der Waals surface area (Å²) in [6.07, 6.45) is -1.71. The van der Waals surface area contributed by atoms with Crippen LogP contribution in [0.3, 0.4) is 0 Å². The number of carbonyl (C=O) groups is 1. The first-order valence-corrected chi connectivity index (χ1v) is 8.91. The summed E-state index contributed by atoms with van der Waals surface area (Å²) in [7, 11) is 1.49. The second-order valence-electron chi connectivity index (χ2n) is 7.39. The van der Waals surface area contributed by atoms with Crippen LogP contribution >= 0.6 is 11.6 Å². The molecule has 4 rings (SSSR count). The van der Waals surface area contributed by atoms with Crippen LogP contribution in [-0.2, 0) is 10.3 Å². The number of aliphatic imine (C=N–C) groups is 1. The Morgan fingerprint density at radius 3 is 2.56 bits per heavy atom. The highest BCUT2D eigenvalue weighted by atomic mass is 35.5. The molecule has 7 heteroatoms. The molecule has 2 aliphatic heterocycles. The van der Waals surface area contributed by atoms with Crippen molar-refractivity contribution in [1.29, 1.82) is 0 Å².